The van der Waals surface area contributed by atoms with Crippen molar-refractivity contribution in [3.8, 4) is 6.07 Å². The lowest BCUT2D eigenvalue weighted by atomic mass is 10.0. The number of rotatable bonds is 3. The molecule has 0 spiro atoms. The fourth-order valence-electron chi connectivity index (χ4n) is 2.19. The van der Waals surface area contributed by atoms with Gasteiger partial charge < -0.3 is 10.6 Å². The Hall–Kier alpha value is -2.38. The molecule has 0 saturated carbocycles. The van der Waals surface area contributed by atoms with Crippen LogP contribution in [0.4, 0.5) is 15.8 Å². The molecule has 0 aromatic heterocycles. The standard InChI is InChI=1S/C16H16FN3/c1-11(19)16-14(17)7-4-8-15(16)20(2)13-6-3-5-12(9-13)10-18/h3-9,11H,19H2,1-2H3/t11-/m0/s1. The Balaban J connectivity index is 2.51. The van der Waals surface area contributed by atoms with Gasteiger partial charge in [0.1, 0.15) is 5.82 Å². The molecule has 2 aromatic rings. The van der Waals surface area contributed by atoms with Gasteiger partial charge in [0.05, 0.1) is 11.6 Å². The Labute approximate surface area is 118 Å². The number of halogens is 1. The van der Waals surface area contributed by atoms with E-state index in [-0.39, 0.29) is 5.82 Å². The molecule has 102 valence electrons. The van der Waals surface area contributed by atoms with Gasteiger partial charge in [0.25, 0.3) is 0 Å². The molecular weight excluding hydrogens is 253 g/mol. The van der Waals surface area contributed by atoms with Gasteiger partial charge in [-0.15, -0.1) is 0 Å². The lowest BCUT2D eigenvalue weighted by molar-refractivity contribution is 0.594. The van der Waals surface area contributed by atoms with Crippen LogP contribution in [-0.2, 0) is 0 Å². The summed E-state index contributed by atoms with van der Waals surface area (Å²) >= 11 is 0. The van der Waals surface area contributed by atoms with Crippen molar-refractivity contribution in [3.05, 3.63) is 59.4 Å². The van der Waals surface area contributed by atoms with Gasteiger partial charge in [-0.25, -0.2) is 4.39 Å². The molecule has 0 amide bonds. The van der Waals surface area contributed by atoms with Crippen LogP contribution in [0.1, 0.15) is 24.1 Å². The number of anilines is 2. The van der Waals surface area contributed by atoms with Gasteiger partial charge in [-0.05, 0) is 37.3 Å². The van der Waals surface area contributed by atoms with E-state index in [0.29, 0.717) is 16.8 Å². The van der Waals surface area contributed by atoms with E-state index in [1.807, 2.05) is 24.1 Å². The quantitative estimate of drug-likeness (QED) is 0.928. The maximum atomic E-state index is 14.0. The molecule has 1 atom stereocenters. The minimum Gasteiger partial charge on any atom is -0.344 e. The second-order valence-electron chi connectivity index (χ2n) is 4.68. The third-order valence-electron chi connectivity index (χ3n) is 3.21. The Morgan fingerprint density at radius 3 is 2.60 bits per heavy atom. The Morgan fingerprint density at radius 1 is 1.25 bits per heavy atom. The molecule has 2 rings (SSSR count). The molecule has 0 aliphatic rings. The van der Waals surface area contributed by atoms with Crippen LogP contribution in [0.25, 0.3) is 0 Å². The smallest absolute Gasteiger partial charge is 0.130 e. The number of nitrogens with zero attached hydrogens (tertiary/aromatic N) is 2. The van der Waals surface area contributed by atoms with Crippen LogP contribution in [0, 0.1) is 17.1 Å². The van der Waals surface area contributed by atoms with Gasteiger partial charge in [-0.2, -0.15) is 5.26 Å². The average molecular weight is 269 g/mol. The minimum atomic E-state index is -0.409. The van der Waals surface area contributed by atoms with E-state index in [1.165, 1.54) is 6.07 Å². The molecule has 20 heavy (non-hydrogen) atoms. The first-order chi connectivity index (χ1) is 9.54. The summed E-state index contributed by atoms with van der Waals surface area (Å²) in [6, 6.07) is 13.7. The molecule has 0 fully saturated rings. The lowest BCUT2D eigenvalue weighted by Gasteiger charge is -2.24. The first-order valence-electron chi connectivity index (χ1n) is 6.32. The van der Waals surface area contributed by atoms with E-state index in [2.05, 4.69) is 6.07 Å². The monoisotopic (exact) mass is 269 g/mol. The summed E-state index contributed by atoms with van der Waals surface area (Å²) < 4.78 is 14.0. The van der Waals surface area contributed by atoms with Crippen molar-refractivity contribution < 1.29 is 4.39 Å². The van der Waals surface area contributed by atoms with Gasteiger partial charge in [0.15, 0.2) is 0 Å². The molecule has 0 aliphatic carbocycles. The Kier molecular flexibility index (Phi) is 4.02. The predicted molar refractivity (Wildman–Crippen MR) is 78.2 cm³/mol. The van der Waals surface area contributed by atoms with E-state index in [9.17, 15) is 4.39 Å². The van der Waals surface area contributed by atoms with Crippen LogP contribution in [0.5, 0.6) is 0 Å². The molecule has 2 N–H and O–H groups in total. The highest BCUT2D eigenvalue weighted by Gasteiger charge is 2.16. The van der Waals surface area contributed by atoms with Crippen molar-refractivity contribution in [2.75, 3.05) is 11.9 Å². The summed E-state index contributed by atoms with van der Waals surface area (Å²) in [5, 5.41) is 8.95. The maximum absolute atomic E-state index is 14.0. The van der Waals surface area contributed by atoms with Crippen LogP contribution in [0.2, 0.25) is 0 Å². The molecular formula is C16H16FN3. The van der Waals surface area contributed by atoms with E-state index in [4.69, 9.17) is 11.0 Å². The SMILES string of the molecule is C[C@H](N)c1c(F)cccc1N(C)c1cccc(C#N)c1. The van der Waals surface area contributed by atoms with Gasteiger partial charge in [-0.1, -0.05) is 12.1 Å². The molecule has 0 aliphatic heterocycles. The largest absolute Gasteiger partial charge is 0.344 e. The molecule has 4 heteroatoms. The van der Waals surface area contributed by atoms with Crippen LogP contribution in [0.15, 0.2) is 42.5 Å². The summed E-state index contributed by atoms with van der Waals surface area (Å²) in [7, 11) is 1.83. The topological polar surface area (TPSA) is 53.0 Å². The van der Waals surface area contributed by atoms with Gasteiger partial charge in [0, 0.05) is 30.0 Å². The number of benzene rings is 2. The highest BCUT2D eigenvalue weighted by Crippen LogP contribution is 2.32. The van der Waals surface area contributed by atoms with Gasteiger partial charge in [-0.3, -0.25) is 0 Å². The highest BCUT2D eigenvalue weighted by atomic mass is 19.1. The van der Waals surface area contributed by atoms with Gasteiger partial charge in [0.2, 0.25) is 0 Å². The fraction of sp³-hybridized carbons (Fsp3) is 0.188. The summed E-state index contributed by atoms with van der Waals surface area (Å²) in [6.07, 6.45) is 0. The third kappa shape index (κ3) is 2.63. The first kappa shape index (κ1) is 14.0. The normalized spacial score (nSPS) is 11.8. The molecule has 0 saturated heterocycles. The van der Waals surface area contributed by atoms with Crippen molar-refractivity contribution in [2.45, 2.75) is 13.0 Å². The summed E-state index contributed by atoms with van der Waals surface area (Å²) in [4.78, 5) is 1.84. The molecule has 0 unspecified atom stereocenters. The van der Waals surface area contributed by atoms with Crippen molar-refractivity contribution >= 4 is 11.4 Å². The minimum absolute atomic E-state index is 0.319. The zero-order valence-corrected chi connectivity index (χ0v) is 11.5. The molecule has 0 bridgehead atoms. The Bertz CT molecular complexity index is 659. The number of hydrogen-bond acceptors (Lipinski definition) is 3. The van der Waals surface area contributed by atoms with E-state index in [1.54, 1.807) is 31.2 Å². The molecule has 0 radical (unpaired) electrons. The highest BCUT2D eigenvalue weighted by molar-refractivity contribution is 5.67. The average Bonchev–Trinajstić information content (AvgIpc) is 2.45. The maximum Gasteiger partial charge on any atom is 0.130 e. The zero-order valence-electron chi connectivity index (χ0n) is 11.5. The van der Waals surface area contributed by atoms with Gasteiger partial charge >= 0.3 is 0 Å². The zero-order chi connectivity index (χ0) is 14.7. The number of nitriles is 1. The van der Waals surface area contributed by atoms with Crippen molar-refractivity contribution in [1.29, 1.82) is 5.26 Å². The lowest BCUT2D eigenvalue weighted by Crippen LogP contribution is -2.17. The van der Waals surface area contributed by atoms with E-state index < -0.39 is 6.04 Å². The summed E-state index contributed by atoms with van der Waals surface area (Å²) in [6.45, 7) is 1.75. The predicted octanol–water partition coefficient (Wildman–Crippen LogP) is 3.48. The van der Waals surface area contributed by atoms with Crippen LogP contribution in [0.3, 0.4) is 0 Å². The molecule has 3 nitrogen and oxygen atoms in total. The fourth-order valence-corrected chi connectivity index (χ4v) is 2.19. The van der Waals surface area contributed by atoms with E-state index in [0.717, 1.165) is 5.69 Å². The second-order valence-corrected chi connectivity index (χ2v) is 4.68. The van der Waals surface area contributed by atoms with Crippen molar-refractivity contribution in [3.63, 3.8) is 0 Å². The summed E-state index contributed by atoms with van der Waals surface area (Å²) in [5.74, 6) is -0.319. The molecule has 2 aromatic carbocycles. The second kappa shape index (κ2) is 5.72. The van der Waals surface area contributed by atoms with E-state index >= 15 is 0 Å². The Morgan fingerprint density at radius 2 is 1.95 bits per heavy atom. The molecule has 0 heterocycles. The third-order valence-corrected chi connectivity index (χ3v) is 3.21. The van der Waals surface area contributed by atoms with Crippen molar-refractivity contribution in [1.82, 2.24) is 0 Å². The first-order valence-corrected chi connectivity index (χ1v) is 6.32. The van der Waals surface area contributed by atoms with Crippen LogP contribution < -0.4 is 10.6 Å². The number of hydrogen-bond donors (Lipinski definition) is 1. The number of nitrogens with two attached hydrogens (primary N) is 1. The summed E-state index contributed by atoms with van der Waals surface area (Å²) in [5.41, 5.74) is 8.42. The van der Waals surface area contributed by atoms with Crippen LogP contribution in [-0.4, -0.2) is 7.05 Å². The van der Waals surface area contributed by atoms with Crippen LogP contribution >= 0.6 is 0 Å². The van der Waals surface area contributed by atoms with Crippen molar-refractivity contribution in [2.24, 2.45) is 5.73 Å².